The normalized spacial score (nSPS) is 12.0. The van der Waals surface area contributed by atoms with Crippen LogP contribution in [0.15, 0.2) is 504 Å². The van der Waals surface area contributed by atoms with Gasteiger partial charge in [0.2, 0.25) is 0 Å². The van der Waals surface area contributed by atoms with Gasteiger partial charge in [0.1, 0.15) is 16.9 Å². The molecule has 0 N–H and O–H groups in total. The van der Waals surface area contributed by atoms with Crippen LogP contribution < -0.4 is 47.7 Å². The highest BCUT2D eigenvalue weighted by Crippen LogP contribution is 2.48. The standard InChI is InChI=1S/C43H29N2OP.2C41H27N2OP/c46-47(34-11-3-1-4-12-34,35-13-5-2-6-14-35)36-26-23-31(24-27-36)30-19-21-32(22-20-30)33-25-28-38-39(29-33)37-15-7-9-17-41(37)45-42-18-10-8-16-40(42)44-43(38)45;44-45(32-11-3-1-4-12-32,33-13-5-2-6-14-33)34-23-21-29-25-28(19-20-30(29)26-34)31-22-24-36-37(27-31)35-15-7-9-17-39(35)43-40-18-10-8-16-38(40)42-41(36)43;44-45(32-11-3-1-4-12-32,33-13-5-2-6-14-33)34-23-21-28-19-20-29(25-31(28)26-34)30-22-24-36-37(27-30)35-15-7-9-17-39(35)43-40-18-10-8-16-38(40)42-41(36)43/h1-29H;2*1-27H. The first-order chi connectivity index (χ1) is 67.5. The van der Waals surface area contributed by atoms with E-state index in [0.29, 0.717) is 0 Å². The fraction of sp³-hybridized carbons (Fsp3) is 0. The van der Waals surface area contributed by atoms with Gasteiger partial charge in [-0.05, 0) is 197 Å². The molecule has 137 heavy (non-hydrogen) atoms. The van der Waals surface area contributed by atoms with E-state index in [1.54, 1.807) is 0 Å². The predicted octanol–water partition coefficient (Wildman–Crippen LogP) is 28.3. The maximum absolute atomic E-state index is 15.1. The van der Waals surface area contributed by atoms with Gasteiger partial charge in [0.15, 0.2) is 21.4 Å². The molecule has 9 nitrogen and oxygen atoms in total. The molecule has 0 aliphatic heterocycles. The van der Waals surface area contributed by atoms with Crippen LogP contribution in [0.3, 0.4) is 0 Å². The maximum Gasteiger partial charge on any atom is 0.171 e. The van der Waals surface area contributed by atoms with E-state index in [0.717, 1.165) is 197 Å². The van der Waals surface area contributed by atoms with Crippen molar-refractivity contribution in [3.05, 3.63) is 504 Å². The fourth-order valence-corrected chi connectivity index (χ4v) is 28.6. The quantitative estimate of drug-likeness (QED) is 0.0842. The molecule has 0 bridgehead atoms. The van der Waals surface area contributed by atoms with Crippen LogP contribution in [0, 0.1) is 0 Å². The largest absolute Gasteiger partial charge is 0.309 e. The number of hydrogen-bond donors (Lipinski definition) is 0. The number of aromatic nitrogens is 6. The Morgan fingerprint density at radius 3 is 0.723 bits per heavy atom. The van der Waals surface area contributed by atoms with Crippen molar-refractivity contribution in [3.63, 3.8) is 0 Å². The Labute approximate surface area is 790 Å². The minimum atomic E-state index is -3.07. The summed E-state index contributed by atoms with van der Waals surface area (Å²) in [4.78, 5) is 15.1. The summed E-state index contributed by atoms with van der Waals surface area (Å²) in [5, 5.41) is 22.5. The van der Waals surface area contributed by atoms with Crippen LogP contribution in [-0.2, 0) is 13.7 Å². The van der Waals surface area contributed by atoms with E-state index in [1.807, 2.05) is 224 Å². The molecule has 0 amide bonds. The first-order valence-corrected chi connectivity index (χ1v) is 51.3. The van der Waals surface area contributed by atoms with Crippen molar-refractivity contribution < 1.29 is 13.7 Å². The van der Waals surface area contributed by atoms with Crippen LogP contribution in [0.4, 0.5) is 0 Å². The Bertz CT molecular complexity index is 9510. The van der Waals surface area contributed by atoms with E-state index < -0.39 is 21.4 Å². The summed E-state index contributed by atoms with van der Waals surface area (Å²) in [5.41, 5.74) is 21.8. The zero-order chi connectivity index (χ0) is 91.3. The number of fused-ring (bicyclic) bond motifs is 26. The molecule has 0 fully saturated rings. The number of para-hydroxylation sites is 9. The smallest absolute Gasteiger partial charge is 0.171 e. The average molecular weight is 1810 g/mol. The van der Waals surface area contributed by atoms with Gasteiger partial charge in [-0.1, -0.05) is 388 Å². The zero-order valence-electron chi connectivity index (χ0n) is 74.2. The maximum atomic E-state index is 15.1. The predicted molar refractivity (Wildman–Crippen MR) is 578 cm³/mol. The lowest BCUT2D eigenvalue weighted by Crippen LogP contribution is -2.24. The Morgan fingerprint density at radius 1 is 0.146 bits per heavy atom. The number of hydrogen-bond acceptors (Lipinski definition) is 6. The molecule has 0 aliphatic carbocycles. The van der Waals surface area contributed by atoms with Gasteiger partial charge < -0.3 is 13.7 Å². The van der Waals surface area contributed by atoms with Crippen molar-refractivity contribution in [1.82, 2.24) is 28.2 Å². The van der Waals surface area contributed by atoms with Crippen LogP contribution in [-0.4, -0.2) is 28.2 Å². The molecular weight excluding hydrogens is 1730 g/mol. The molecule has 0 spiro atoms. The molecule has 12 heteroatoms. The Kier molecular flexibility index (Phi) is 20.2. The first kappa shape index (κ1) is 82.2. The lowest BCUT2D eigenvalue weighted by Gasteiger charge is -2.20. The Balaban J connectivity index is 0.000000109. The average Bonchev–Trinajstić information content (AvgIpc) is 1.62. The summed E-state index contributed by atoms with van der Waals surface area (Å²) in [6.45, 7) is 0. The third-order valence-electron chi connectivity index (χ3n) is 27.3. The molecule has 21 aromatic carbocycles. The number of imidazole rings is 3. The SMILES string of the molecule is O=P(c1ccccc1)(c1ccccc1)c1ccc(-c2ccc(-c3ccc4c(c3)c3ccccc3n3c5ccccc5nc43)cc2)cc1.O=P(c1ccccc1)(c1ccccc1)c1ccc2cc(-c3ccc4c(c3)c3ccccc3n3c5ccccc5nc43)ccc2c1.O=P(c1ccccc1)(c1ccccc1)c1ccc2ccc(-c3ccc4c(c3)c3ccccc3n3c5ccccc5nc43)cc2c1. The Morgan fingerprint density at radius 2 is 0.365 bits per heavy atom. The molecule has 6 aromatic heterocycles. The van der Waals surface area contributed by atoms with Gasteiger partial charge in [-0.2, -0.15) is 0 Å². The molecule has 646 valence electrons. The van der Waals surface area contributed by atoms with Gasteiger partial charge >= 0.3 is 0 Å². The molecule has 0 unspecified atom stereocenters. The van der Waals surface area contributed by atoms with Crippen LogP contribution in [0.1, 0.15) is 0 Å². The molecule has 0 atom stereocenters. The van der Waals surface area contributed by atoms with Crippen molar-refractivity contribution in [2.24, 2.45) is 0 Å². The number of nitrogens with zero attached hydrogens (tertiary/aromatic N) is 6. The second kappa shape index (κ2) is 33.8. The molecule has 6 heterocycles. The second-order valence-electron chi connectivity index (χ2n) is 35.1. The summed E-state index contributed by atoms with van der Waals surface area (Å²) in [5.74, 6) is 0. The summed E-state index contributed by atoms with van der Waals surface area (Å²) in [7, 11) is -9.12. The third kappa shape index (κ3) is 14.0. The van der Waals surface area contributed by atoms with Crippen LogP contribution in [0.25, 0.3) is 181 Å². The first-order valence-electron chi connectivity index (χ1n) is 46.2. The minimum absolute atomic E-state index is 0.832. The summed E-state index contributed by atoms with van der Waals surface area (Å²) in [6, 6.07) is 173. The van der Waals surface area contributed by atoms with Crippen LogP contribution >= 0.6 is 21.4 Å². The summed E-state index contributed by atoms with van der Waals surface area (Å²) in [6.07, 6.45) is 0. The number of rotatable bonds is 13. The highest BCUT2D eigenvalue weighted by atomic mass is 31.2. The van der Waals surface area contributed by atoms with Gasteiger partial charge in [0.25, 0.3) is 0 Å². The molecule has 27 aromatic rings. The van der Waals surface area contributed by atoms with Crippen molar-refractivity contribution in [2.45, 2.75) is 0 Å². The summed E-state index contributed by atoms with van der Waals surface area (Å²) >= 11 is 0. The molecule has 0 radical (unpaired) electrons. The molecular formula is C125H83N6O3P3. The molecule has 0 saturated heterocycles. The van der Waals surface area contributed by atoms with Crippen molar-refractivity contribution in [2.75, 3.05) is 0 Å². The van der Waals surface area contributed by atoms with E-state index in [2.05, 4.69) is 292 Å². The minimum Gasteiger partial charge on any atom is -0.309 e. The highest BCUT2D eigenvalue weighted by molar-refractivity contribution is 7.86. The van der Waals surface area contributed by atoms with Gasteiger partial charge in [-0.25, -0.2) is 15.0 Å². The topological polar surface area (TPSA) is 103 Å². The molecule has 27 rings (SSSR count). The van der Waals surface area contributed by atoms with E-state index in [9.17, 15) is 9.13 Å². The van der Waals surface area contributed by atoms with E-state index in [-0.39, 0.29) is 0 Å². The second-order valence-corrected chi connectivity index (χ2v) is 43.4. The van der Waals surface area contributed by atoms with Gasteiger partial charge in [-0.15, -0.1) is 0 Å². The zero-order valence-corrected chi connectivity index (χ0v) is 76.9. The third-order valence-corrected chi connectivity index (χ3v) is 36.5. The fourth-order valence-electron chi connectivity index (χ4n) is 20.6. The van der Waals surface area contributed by atoms with E-state index >= 15 is 4.57 Å². The Hall–Kier alpha value is -16.8. The van der Waals surface area contributed by atoms with Gasteiger partial charge in [0.05, 0.1) is 49.7 Å². The summed E-state index contributed by atoms with van der Waals surface area (Å²) < 4.78 is 51.6. The van der Waals surface area contributed by atoms with E-state index in [4.69, 9.17) is 15.0 Å². The lowest BCUT2D eigenvalue weighted by molar-refractivity contribution is 0.591. The lowest BCUT2D eigenvalue weighted by atomic mass is 9.97. The highest BCUT2D eigenvalue weighted by Gasteiger charge is 2.34. The monoisotopic (exact) mass is 1810 g/mol. The van der Waals surface area contributed by atoms with Crippen molar-refractivity contribution >= 4 is 206 Å². The number of benzene rings is 21. The van der Waals surface area contributed by atoms with Gasteiger partial charge in [-0.3, -0.25) is 13.2 Å². The van der Waals surface area contributed by atoms with Crippen LogP contribution in [0.2, 0.25) is 0 Å². The van der Waals surface area contributed by atoms with Crippen molar-refractivity contribution in [1.29, 1.82) is 0 Å². The van der Waals surface area contributed by atoms with Crippen LogP contribution in [0.5, 0.6) is 0 Å². The molecule has 0 saturated carbocycles. The van der Waals surface area contributed by atoms with Crippen molar-refractivity contribution in [3.8, 4) is 44.5 Å². The number of pyridine rings is 3. The van der Waals surface area contributed by atoms with E-state index in [1.165, 1.54) is 32.3 Å². The molecule has 0 aliphatic rings. The van der Waals surface area contributed by atoms with Gasteiger partial charge in [0, 0.05) is 80.1 Å².